The quantitative estimate of drug-likeness (QED) is 0.713. The predicted octanol–water partition coefficient (Wildman–Crippen LogP) is 3.89. The van der Waals surface area contributed by atoms with Gasteiger partial charge in [0.25, 0.3) is 0 Å². The molecule has 1 aliphatic rings. The first-order valence-electron chi connectivity index (χ1n) is 7.77. The Morgan fingerprint density at radius 2 is 1.76 bits per heavy atom. The molecule has 21 heavy (non-hydrogen) atoms. The van der Waals surface area contributed by atoms with Crippen LogP contribution in [-0.4, -0.2) is 11.7 Å². The smallest absolute Gasteiger partial charge is 0.0528 e. The number of nitrogens with two attached hydrogens (primary N) is 1. The third-order valence-electron chi connectivity index (χ3n) is 5.26. The molecule has 0 bridgehead atoms. The van der Waals surface area contributed by atoms with Crippen LogP contribution in [0.2, 0.25) is 0 Å². The minimum absolute atomic E-state index is 0.149. The Labute approximate surface area is 126 Å². The zero-order chi connectivity index (χ0) is 15.0. The molecule has 2 heteroatoms. The molecule has 3 rings (SSSR count). The minimum Gasteiger partial charge on any atom is -0.398 e. The summed E-state index contributed by atoms with van der Waals surface area (Å²) in [6.07, 6.45) is 2.70. The first-order valence-corrected chi connectivity index (χ1v) is 7.77. The topological polar surface area (TPSA) is 46.2 Å². The number of hydrogen-bond donors (Lipinski definition) is 2. The number of aliphatic hydroxyl groups excluding tert-OH is 1. The van der Waals surface area contributed by atoms with Gasteiger partial charge in [0.2, 0.25) is 0 Å². The SMILES string of the molecule is CCC(CC)(CO)c1ccc2c(c1N)Cc1ccccc1-2. The Hall–Kier alpha value is -1.80. The van der Waals surface area contributed by atoms with Crippen LogP contribution in [0, 0.1) is 0 Å². The molecular weight excluding hydrogens is 258 g/mol. The van der Waals surface area contributed by atoms with Crippen molar-refractivity contribution in [1.29, 1.82) is 0 Å². The van der Waals surface area contributed by atoms with E-state index in [1.54, 1.807) is 0 Å². The van der Waals surface area contributed by atoms with Crippen molar-refractivity contribution in [2.24, 2.45) is 0 Å². The van der Waals surface area contributed by atoms with Crippen molar-refractivity contribution in [3.8, 4) is 11.1 Å². The second-order valence-electron chi connectivity index (χ2n) is 6.03. The van der Waals surface area contributed by atoms with Crippen LogP contribution in [0.3, 0.4) is 0 Å². The summed E-state index contributed by atoms with van der Waals surface area (Å²) in [4.78, 5) is 0. The summed E-state index contributed by atoms with van der Waals surface area (Å²) in [5.41, 5.74) is 13.4. The number of hydrogen-bond acceptors (Lipinski definition) is 2. The maximum atomic E-state index is 9.92. The molecule has 3 N–H and O–H groups in total. The molecule has 110 valence electrons. The summed E-state index contributed by atoms with van der Waals surface area (Å²) in [6, 6.07) is 12.8. The van der Waals surface area contributed by atoms with E-state index in [1.807, 2.05) is 0 Å². The first-order chi connectivity index (χ1) is 10.2. The molecule has 2 aromatic rings. The van der Waals surface area contributed by atoms with E-state index in [-0.39, 0.29) is 12.0 Å². The molecule has 0 amide bonds. The van der Waals surface area contributed by atoms with Gasteiger partial charge in [-0.1, -0.05) is 50.2 Å². The summed E-state index contributed by atoms with van der Waals surface area (Å²) in [5, 5.41) is 9.92. The van der Waals surface area contributed by atoms with Crippen LogP contribution in [0.25, 0.3) is 11.1 Å². The van der Waals surface area contributed by atoms with Gasteiger partial charge in [-0.2, -0.15) is 0 Å². The Morgan fingerprint density at radius 3 is 2.43 bits per heavy atom. The average Bonchev–Trinajstić information content (AvgIpc) is 2.91. The van der Waals surface area contributed by atoms with Crippen molar-refractivity contribution in [2.75, 3.05) is 12.3 Å². The van der Waals surface area contributed by atoms with Gasteiger partial charge >= 0.3 is 0 Å². The molecule has 0 atom stereocenters. The fraction of sp³-hybridized carbons (Fsp3) is 0.368. The highest BCUT2D eigenvalue weighted by molar-refractivity contribution is 5.83. The van der Waals surface area contributed by atoms with Gasteiger partial charge in [-0.3, -0.25) is 0 Å². The number of benzene rings is 2. The van der Waals surface area contributed by atoms with E-state index < -0.39 is 0 Å². The zero-order valence-electron chi connectivity index (χ0n) is 12.8. The number of anilines is 1. The molecule has 0 fully saturated rings. The maximum Gasteiger partial charge on any atom is 0.0528 e. The van der Waals surface area contributed by atoms with Gasteiger partial charge in [-0.15, -0.1) is 0 Å². The Balaban J connectivity index is 2.16. The van der Waals surface area contributed by atoms with Crippen LogP contribution >= 0.6 is 0 Å². The van der Waals surface area contributed by atoms with E-state index in [4.69, 9.17) is 5.73 Å². The van der Waals surface area contributed by atoms with Crippen LogP contribution < -0.4 is 5.73 Å². The third-order valence-corrected chi connectivity index (χ3v) is 5.26. The maximum absolute atomic E-state index is 9.92. The summed E-state index contributed by atoms with van der Waals surface area (Å²) in [5.74, 6) is 0. The number of aliphatic hydroxyl groups is 1. The molecular formula is C19H23NO. The molecule has 0 spiro atoms. The summed E-state index contributed by atoms with van der Waals surface area (Å²) < 4.78 is 0. The Bertz CT molecular complexity index is 663. The second kappa shape index (κ2) is 5.19. The van der Waals surface area contributed by atoms with Crippen molar-refractivity contribution in [1.82, 2.24) is 0 Å². The standard InChI is InChI=1S/C19H23NO/c1-3-19(4-2,12-21)17-10-9-15-14-8-6-5-7-13(14)11-16(15)18(17)20/h5-10,21H,3-4,11-12,20H2,1-2H3. The van der Waals surface area contributed by atoms with Gasteiger partial charge in [0.05, 0.1) is 6.61 Å². The molecule has 0 saturated carbocycles. The van der Waals surface area contributed by atoms with Crippen LogP contribution in [0.1, 0.15) is 43.4 Å². The van der Waals surface area contributed by atoms with E-state index in [9.17, 15) is 5.11 Å². The molecule has 2 aromatic carbocycles. The van der Waals surface area contributed by atoms with Gasteiger partial charge in [-0.25, -0.2) is 0 Å². The summed E-state index contributed by atoms with van der Waals surface area (Å²) in [6.45, 7) is 4.40. The molecule has 1 aliphatic carbocycles. The summed E-state index contributed by atoms with van der Waals surface area (Å²) >= 11 is 0. The highest BCUT2D eigenvalue weighted by Crippen LogP contribution is 2.44. The molecule has 2 nitrogen and oxygen atoms in total. The van der Waals surface area contributed by atoms with Crippen molar-refractivity contribution in [3.05, 3.63) is 53.1 Å². The average molecular weight is 281 g/mol. The largest absolute Gasteiger partial charge is 0.398 e. The molecule has 0 heterocycles. The van der Waals surface area contributed by atoms with E-state index in [2.05, 4.69) is 50.2 Å². The molecule has 0 aliphatic heterocycles. The molecule has 0 radical (unpaired) electrons. The molecule has 0 unspecified atom stereocenters. The molecule has 0 aromatic heterocycles. The minimum atomic E-state index is -0.214. The third kappa shape index (κ3) is 1.97. The van der Waals surface area contributed by atoms with Gasteiger partial charge in [0.1, 0.15) is 0 Å². The second-order valence-corrected chi connectivity index (χ2v) is 6.03. The van der Waals surface area contributed by atoms with E-state index in [0.29, 0.717) is 0 Å². The van der Waals surface area contributed by atoms with Crippen molar-refractivity contribution < 1.29 is 5.11 Å². The monoisotopic (exact) mass is 281 g/mol. The fourth-order valence-corrected chi connectivity index (χ4v) is 3.64. The van der Waals surface area contributed by atoms with E-state index in [0.717, 1.165) is 30.5 Å². The number of rotatable bonds is 4. The van der Waals surface area contributed by atoms with Gasteiger partial charge in [-0.05, 0) is 40.7 Å². The van der Waals surface area contributed by atoms with Crippen LogP contribution in [-0.2, 0) is 11.8 Å². The normalized spacial score (nSPS) is 13.1. The lowest BCUT2D eigenvalue weighted by Gasteiger charge is -2.32. The van der Waals surface area contributed by atoms with Gasteiger partial charge in [0.15, 0.2) is 0 Å². The lowest BCUT2D eigenvalue weighted by Crippen LogP contribution is -2.30. The van der Waals surface area contributed by atoms with Gasteiger partial charge in [0, 0.05) is 17.5 Å². The van der Waals surface area contributed by atoms with Gasteiger partial charge < -0.3 is 10.8 Å². The van der Waals surface area contributed by atoms with Crippen molar-refractivity contribution in [2.45, 2.75) is 38.5 Å². The van der Waals surface area contributed by atoms with Crippen LogP contribution in [0.4, 0.5) is 5.69 Å². The lowest BCUT2D eigenvalue weighted by atomic mass is 9.75. The Kier molecular flexibility index (Phi) is 3.50. The number of nitrogen functional groups attached to an aromatic ring is 1. The highest BCUT2D eigenvalue weighted by atomic mass is 16.3. The predicted molar refractivity (Wildman–Crippen MR) is 88.4 cm³/mol. The van der Waals surface area contributed by atoms with Crippen molar-refractivity contribution in [3.63, 3.8) is 0 Å². The van der Waals surface area contributed by atoms with Crippen molar-refractivity contribution >= 4 is 5.69 Å². The van der Waals surface area contributed by atoms with E-state index in [1.165, 1.54) is 22.3 Å². The molecule has 0 saturated heterocycles. The van der Waals surface area contributed by atoms with Crippen LogP contribution in [0.15, 0.2) is 36.4 Å². The van der Waals surface area contributed by atoms with Crippen LogP contribution in [0.5, 0.6) is 0 Å². The zero-order valence-corrected chi connectivity index (χ0v) is 12.8. The lowest BCUT2D eigenvalue weighted by molar-refractivity contribution is 0.183. The fourth-order valence-electron chi connectivity index (χ4n) is 3.64. The number of fused-ring (bicyclic) bond motifs is 3. The van der Waals surface area contributed by atoms with E-state index >= 15 is 0 Å². The first kappa shape index (κ1) is 14.2. The summed E-state index contributed by atoms with van der Waals surface area (Å²) in [7, 11) is 0. The highest BCUT2D eigenvalue weighted by Gasteiger charge is 2.32. The Morgan fingerprint density at radius 1 is 1.05 bits per heavy atom.